The van der Waals surface area contributed by atoms with E-state index in [1.54, 1.807) is 0 Å². The van der Waals surface area contributed by atoms with E-state index < -0.39 is 5.97 Å². The normalized spacial score (nSPS) is 34.3. The molecule has 2 unspecified atom stereocenters. The smallest absolute Gasteiger partial charge is 0.307 e. The van der Waals surface area contributed by atoms with E-state index in [2.05, 4.69) is 18.7 Å². The Morgan fingerprint density at radius 3 is 2.47 bits per heavy atom. The van der Waals surface area contributed by atoms with Gasteiger partial charge in [-0.3, -0.25) is 4.79 Å². The molecule has 3 heteroatoms. The van der Waals surface area contributed by atoms with E-state index in [1.165, 1.54) is 25.9 Å². The highest BCUT2D eigenvalue weighted by molar-refractivity contribution is 5.75. The van der Waals surface area contributed by atoms with E-state index in [9.17, 15) is 4.79 Å². The Labute approximate surface area is 91.5 Å². The molecule has 1 saturated heterocycles. The first-order chi connectivity index (χ1) is 7.03. The van der Waals surface area contributed by atoms with Gasteiger partial charge in [-0.2, -0.15) is 0 Å². The molecule has 0 aromatic carbocycles. The lowest BCUT2D eigenvalue weighted by molar-refractivity contribution is -0.139. The highest BCUT2D eigenvalue weighted by Gasteiger charge is 2.61. The summed E-state index contributed by atoms with van der Waals surface area (Å²) in [6.07, 6.45) is 3.69. The minimum Gasteiger partial charge on any atom is -0.481 e. The molecule has 2 fully saturated rings. The standard InChI is InChI=1S/C12H21NO2/c1-12(2)9(10(12)11(14)15)5-8-13-6-3-4-7-13/h9-10H,3-8H2,1-2H3,(H,14,15). The van der Waals surface area contributed by atoms with Gasteiger partial charge in [0.05, 0.1) is 5.92 Å². The van der Waals surface area contributed by atoms with E-state index in [0.29, 0.717) is 5.92 Å². The molecule has 2 aliphatic rings. The van der Waals surface area contributed by atoms with Crippen molar-refractivity contribution in [3.05, 3.63) is 0 Å². The molecule has 0 spiro atoms. The summed E-state index contributed by atoms with van der Waals surface area (Å²) < 4.78 is 0. The summed E-state index contributed by atoms with van der Waals surface area (Å²) in [5, 5.41) is 9.04. The van der Waals surface area contributed by atoms with Crippen LogP contribution in [-0.2, 0) is 4.79 Å². The first-order valence-electron chi connectivity index (χ1n) is 5.98. The van der Waals surface area contributed by atoms with Crippen molar-refractivity contribution in [3.8, 4) is 0 Å². The number of likely N-dealkylation sites (tertiary alicyclic amines) is 1. The van der Waals surface area contributed by atoms with Crippen LogP contribution in [0.5, 0.6) is 0 Å². The first-order valence-corrected chi connectivity index (χ1v) is 5.98. The zero-order valence-electron chi connectivity index (χ0n) is 9.70. The first kappa shape index (κ1) is 10.9. The molecule has 0 aromatic rings. The molecule has 0 radical (unpaired) electrons. The molecule has 1 aliphatic carbocycles. The fraction of sp³-hybridized carbons (Fsp3) is 0.917. The minimum atomic E-state index is -0.605. The van der Waals surface area contributed by atoms with Gasteiger partial charge in [0.25, 0.3) is 0 Å². The summed E-state index contributed by atoms with van der Waals surface area (Å²) in [4.78, 5) is 13.4. The van der Waals surface area contributed by atoms with Gasteiger partial charge in [-0.1, -0.05) is 13.8 Å². The van der Waals surface area contributed by atoms with Gasteiger partial charge in [0.15, 0.2) is 0 Å². The van der Waals surface area contributed by atoms with Crippen molar-refractivity contribution < 1.29 is 9.90 Å². The third kappa shape index (κ3) is 2.03. The SMILES string of the molecule is CC1(C)C(CCN2CCCC2)C1C(=O)O. The number of carbonyl (C=O) groups is 1. The Morgan fingerprint density at radius 2 is 2.00 bits per heavy atom. The highest BCUT2D eigenvalue weighted by atomic mass is 16.4. The van der Waals surface area contributed by atoms with Crippen molar-refractivity contribution in [3.63, 3.8) is 0 Å². The molecule has 0 aromatic heterocycles. The Bertz CT molecular complexity index is 256. The monoisotopic (exact) mass is 211 g/mol. The van der Waals surface area contributed by atoms with Crippen molar-refractivity contribution in [2.24, 2.45) is 17.3 Å². The van der Waals surface area contributed by atoms with E-state index in [4.69, 9.17) is 5.11 Å². The fourth-order valence-corrected chi connectivity index (χ4v) is 3.10. The lowest BCUT2D eigenvalue weighted by Gasteiger charge is -2.14. The number of carboxylic acids is 1. The molecule has 2 atom stereocenters. The van der Waals surface area contributed by atoms with E-state index >= 15 is 0 Å². The highest BCUT2D eigenvalue weighted by Crippen LogP contribution is 2.60. The topological polar surface area (TPSA) is 40.5 Å². The maximum Gasteiger partial charge on any atom is 0.307 e. The number of nitrogens with zero attached hydrogens (tertiary/aromatic N) is 1. The van der Waals surface area contributed by atoms with E-state index in [0.717, 1.165) is 13.0 Å². The molecule has 86 valence electrons. The quantitative estimate of drug-likeness (QED) is 0.771. The number of rotatable bonds is 4. The van der Waals surface area contributed by atoms with Crippen LogP contribution >= 0.6 is 0 Å². The predicted molar refractivity (Wildman–Crippen MR) is 58.7 cm³/mol. The average molecular weight is 211 g/mol. The number of carboxylic acid groups (broad SMARTS) is 1. The van der Waals surface area contributed by atoms with Gasteiger partial charge in [0.1, 0.15) is 0 Å². The van der Waals surface area contributed by atoms with Gasteiger partial charge in [0, 0.05) is 0 Å². The van der Waals surface area contributed by atoms with Gasteiger partial charge in [0.2, 0.25) is 0 Å². The second-order valence-corrected chi connectivity index (χ2v) is 5.58. The molecule has 3 nitrogen and oxygen atoms in total. The van der Waals surface area contributed by atoms with Crippen LogP contribution in [0.4, 0.5) is 0 Å². The molecule has 1 saturated carbocycles. The maximum atomic E-state index is 11.0. The Kier molecular flexibility index (Phi) is 2.75. The zero-order valence-corrected chi connectivity index (χ0v) is 9.70. The van der Waals surface area contributed by atoms with Gasteiger partial charge in [-0.05, 0) is 50.2 Å². The predicted octanol–water partition coefficient (Wildman–Crippen LogP) is 1.83. The van der Waals surface area contributed by atoms with Gasteiger partial charge in [-0.25, -0.2) is 0 Å². The molecule has 1 N–H and O–H groups in total. The Hall–Kier alpha value is -0.570. The van der Waals surface area contributed by atoms with Crippen LogP contribution in [0.25, 0.3) is 0 Å². The third-order valence-corrected chi connectivity index (χ3v) is 4.27. The molecular weight excluding hydrogens is 190 g/mol. The number of hydrogen-bond donors (Lipinski definition) is 1. The van der Waals surface area contributed by atoms with Crippen molar-refractivity contribution in [2.45, 2.75) is 33.1 Å². The average Bonchev–Trinajstić information content (AvgIpc) is 2.55. The largest absolute Gasteiger partial charge is 0.481 e. The van der Waals surface area contributed by atoms with Crippen molar-refractivity contribution >= 4 is 5.97 Å². The third-order valence-electron chi connectivity index (χ3n) is 4.27. The van der Waals surface area contributed by atoms with E-state index in [-0.39, 0.29) is 11.3 Å². The maximum absolute atomic E-state index is 11.0. The summed E-state index contributed by atoms with van der Waals surface area (Å²) in [5.41, 5.74) is 0.0333. The van der Waals surface area contributed by atoms with Gasteiger partial charge < -0.3 is 10.0 Å². The van der Waals surface area contributed by atoms with Crippen LogP contribution in [0.15, 0.2) is 0 Å². The lowest BCUT2D eigenvalue weighted by atomic mass is 10.1. The van der Waals surface area contributed by atoms with Crippen LogP contribution in [0.3, 0.4) is 0 Å². The van der Waals surface area contributed by atoms with Crippen molar-refractivity contribution in [1.82, 2.24) is 4.90 Å². The number of aliphatic carboxylic acids is 1. The molecule has 0 bridgehead atoms. The summed E-state index contributed by atoms with van der Waals surface area (Å²) in [6, 6.07) is 0. The van der Waals surface area contributed by atoms with Crippen LogP contribution in [0, 0.1) is 17.3 Å². The lowest BCUT2D eigenvalue weighted by Crippen LogP contribution is -2.21. The molecule has 15 heavy (non-hydrogen) atoms. The molecule has 2 rings (SSSR count). The van der Waals surface area contributed by atoms with E-state index in [1.807, 2.05) is 0 Å². The second kappa shape index (κ2) is 3.78. The molecular formula is C12H21NO2. The van der Waals surface area contributed by atoms with Gasteiger partial charge >= 0.3 is 5.97 Å². The summed E-state index contributed by atoms with van der Waals surface area (Å²) in [5.74, 6) is -0.304. The van der Waals surface area contributed by atoms with Crippen LogP contribution in [0.2, 0.25) is 0 Å². The zero-order chi connectivity index (χ0) is 11.1. The summed E-state index contributed by atoms with van der Waals surface area (Å²) in [6.45, 7) is 7.69. The van der Waals surface area contributed by atoms with Gasteiger partial charge in [-0.15, -0.1) is 0 Å². The minimum absolute atomic E-state index is 0.0333. The summed E-state index contributed by atoms with van der Waals surface area (Å²) in [7, 11) is 0. The Balaban J connectivity index is 1.78. The second-order valence-electron chi connectivity index (χ2n) is 5.58. The number of hydrogen-bond acceptors (Lipinski definition) is 2. The fourth-order valence-electron chi connectivity index (χ4n) is 3.10. The van der Waals surface area contributed by atoms with Crippen LogP contribution in [0.1, 0.15) is 33.1 Å². The Morgan fingerprint density at radius 1 is 1.40 bits per heavy atom. The molecule has 1 heterocycles. The van der Waals surface area contributed by atoms with Crippen LogP contribution in [-0.4, -0.2) is 35.6 Å². The molecule has 0 amide bonds. The van der Waals surface area contributed by atoms with Crippen molar-refractivity contribution in [1.29, 1.82) is 0 Å². The molecule has 1 aliphatic heterocycles. The van der Waals surface area contributed by atoms with Crippen molar-refractivity contribution in [2.75, 3.05) is 19.6 Å². The summed E-state index contributed by atoms with van der Waals surface area (Å²) >= 11 is 0. The van der Waals surface area contributed by atoms with Crippen LogP contribution < -0.4 is 0 Å².